The number of hydrogen-bond donors (Lipinski definition) is 1. The molecule has 0 saturated heterocycles. The van der Waals surface area contributed by atoms with Crippen LogP contribution < -0.4 is 10.5 Å². The maximum absolute atomic E-state index is 13.4. The molecule has 2 nitrogen and oxygen atoms in total. The number of hydrogen-bond acceptors (Lipinski definition) is 2. The third kappa shape index (κ3) is 3.29. The van der Waals surface area contributed by atoms with Crippen molar-refractivity contribution in [1.29, 1.82) is 0 Å². The first-order valence-corrected chi connectivity index (χ1v) is 5.96. The second-order valence-corrected chi connectivity index (χ2v) is 4.32. The largest absolute Gasteiger partial charge is 0.489 e. The summed E-state index contributed by atoms with van der Waals surface area (Å²) in [4.78, 5) is 0. The Morgan fingerprint density at radius 1 is 1.05 bits per heavy atom. The molecule has 4 heteroatoms. The molecule has 0 heterocycles. The Kier molecular flexibility index (Phi) is 4.12. The molecule has 0 aromatic heterocycles. The van der Waals surface area contributed by atoms with E-state index in [4.69, 9.17) is 10.5 Å². The monoisotopic (exact) mass is 263 g/mol. The van der Waals surface area contributed by atoms with E-state index in [2.05, 4.69) is 0 Å². The van der Waals surface area contributed by atoms with Crippen LogP contribution in [0.15, 0.2) is 36.4 Å². The molecule has 0 aliphatic rings. The maximum atomic E-state index is 13.4. The van der Waals surface area contributed by atoms with Crippen molar-refractivity contribution in [2.24, 2.45) is 5.73 Å². The zero-order valence-corrected chi connectivity index (χ0v) is 10.6. The Hall–Kier alpha value is -1.94. The molecule has 0 spiro atoms. The molecular formula is C15H15F2NO. The maximum Gasteiger partial charge on any atom is 0.129 e. The van der Waals surface area contributed by atoms with Gasteiger partial charge in [0.05, 0.1) is 0 Å². The van der Waals surface area contributed by atoms with Gasteiger partial charge >= 0.3 is 0 Å². The molecule has 2 N–H and O–H groups in total. The van der Waals surface area contributed by atoms with E-state index < -0.39 is 0 Å². The fourth-order valence-electron chi connectivity index (χ4n) is 1.75. The highest BCUT2D eigenvalue weighted by Crippen LogP contribution is 2.18. The summed E-state index contributed by atoms with van der Waals surface area (Å²) in [7, 11) is 0. The van der Waals surface area contributed by atoms with Gasteiger partial charge in [-0.2, -0.15) is 0 Å². The van der Waals surface area contributed by atoms with Crippen molar-refractivity contribution in [1.82, 2.24) is 0 Å². The van der Waals surface area contributed by atoms with E-state index in [9.17, 15) is 8.78 Å². The second-order valence-electron chi connectivity index (χ2n) is 4.32. The Morgan fingerprint density at radius 2 is 1.84 bits per heavy atom. The van der Waals surface area contributed by atoms with Crippen molar-refractivity contribution in [3.63, 3.8) is 0 Å². The number of aryl methyl sites for hydroxylation is 1. The molecule has 0 radical (unpaired) electrons. The average Bonchev–Trinajstić information content (AvgIpc) is 2.41. The fraction of sp³-hybridized carbons (Fsp3) is 0.200. The van der Waals surface area contributed by atoms with Gasteiger partial charge in [0.2, 0.25) is 0 Å². The molecule has 2 rings (SSSR count). The van der Waals surface area contributed by atoms with E-state index >= 15 is 0 Å². The van der Waals surface area contributed by atoms with Gasteiger partial charge in [0.15, 0.2) is 0 Å². The minimum absolute atomic E-state index is 0.231. The molecular weight excluding hydrogens is 248 g/mol. The van der Waals surface area contributed by atoms with Crippen LogP contribution >= 0.6 is 0 Å². The molecule has 100 valence electrons. The van der Waals surface area contributed by atoms with Gasteiger partial charge in [0.1, 0.15) is 24.0 Å². The quantitative estimate of drug-likeness (QED) is 0.918. The topological polar surface area (TPSA) is 35.2 Å². The van der Waals surface area contributed by atoms with Gasteiger partial charge in [0, 0.05) is 12.6 Å². The SMILES string of the molecule is Cc1ccc(OCc2ccc(F)cc2CN)cc1F. The summed E-state index contributed by atoms with van der Waals surface area (Å²) in [5.74, 6) is -0.198. The highest BCUT2D eigenvalue weighted by atomic mass is 19.1. The van der Waals surface area contributed by atoms with Crippen LogP contribution in [0.3, 0.4) is 0 Å². The average molecular weight is 263 g/mol. The predicted octanol–water partition coefficient (Wildman–Crippen LogP) is 3.31. The minimum atomic E-state index is -0.328. The first-order chi connectivity index (χ1) is 9.10. The summed E-state index contributed by atoms with van der Waals surface area (Å²) in [6.07, 6.45) is 0. The van der Waals surface area contributed by atoms with Crippen LogP contribution in [0, 0.1) is 18.6 Å². The van der Waals surface area contributed by atoms with Crippen LogP contribution in [0.25, 0.3) is 0 Å². The summed E-state index contributed by atoms with van der Waals surface area (Å²) in [5, 5.41) is 0. The summed E-state index contributed by atoms with van der Waals surface area (Å²) in [6.45, 7) is 2.15. The Labute approximate surface area is 110 Å². The van der Waals surface area contributed by atoms with Gasteiger partial charge < -0.3 is 10.5 Å². The lowest BCUT2D eigenvalue weighted by Crippen LogP contribution is -2.05. The molecule has 0 unspecified atom stereocenters. The molecule has 0 fully saturated rings. The molecule has 0 bridgehead atoms. The van der Waals surface area contributed by atoms with Crippen molar-refractivity contribution < 1.29 is 13.5 Å². The summed E-state index contributed by atoms with van der Waals surface area (Å²) in [5.41, 5.74) is 7.60. The van der Waals surface area contributed by atoms with Crippen LogP contribution in [0.5, 0.6) is 5.75 Å². The summed E-state index contributed by atoms with van der Waals surface area (Å²) >= 11 is 0. The molecule has 0 aliphatic carbocycles. The first-order valence-electron chi connectivity index (χ1n) is 5.96. The van der Waals surface area contributed by atoms with Gasteiger partial charge in [-0.1, -0.05) is 12.1 Å². The third-order valence-corrected chi connectivity index (χ3v) is 2.93. The van der Waals surface area contributed by atoms with E-state index in [1.807, 2.05) is 0 Å². The highest BCUT2D eigenvalue weighted by molar-refractivity contribution is 5.30. The molecule has 0 saturated carbocycles. The number of nitrogens with two attached hydrogens (primary N) is 1. The van der Waals surface area contributed by atoms with Crippen LogP contribution in [-0.4, -0.2) is 0 Å². The van der Waals surface area contributed by atoms with Crippen molar-refractivity contribution in [2.45, 2.75) is 20.1 Å². The molecule has 0 atom stereocenters. The molecule has 2 aromatic carbocycles. The van der Waals surface area contributed by atoms with E-state index in [-0.39, 0.29) is 24.8 Å². The van der Waals surface area contributed by atoms with E-state index in [1.165, 1.54) is 18.2 Å². The number of rotatable bonds is 4. The van der Waals surface area contributed by atoms with Gasteiger partial charge in [-0.05, 0) is 41.8 Å². The fourth-order valence-corrected chi connectivity index (χ4v) is 1.75. The molecule has 19 heavy (non-hydrogen) atoms. The van der Waals surface area contributed by atoms with Crippen molar-refractivity contribution >= 4 is 0 Å². The number of halogens is 2. The van der Waals surface area contributed by atoms with Gasteiger partial charge in [0.25, 0.3) is 0 Å². The van der Waals surface area contributed by atoms with Crippen LogP contribution in [0.1, 0.15) is 16.7 Å². The number of benzene rings is 2. The van der Waals surface area contributed by atoms with E-state index in [1.54, 1.807) is 25.1 Å². The van der Waals surface area contributed by atoms with E-state index in [0.717, 1.165) is 5.56 Å². The third-order valence-electron chi connectivity index (χ3n) is 2.93. The van der Waals surface area contributed by atoms with Crippen molar-refractivity contribution in [3.8, 4) is 5.75 Å². The second kappa shape index (κ2) is 5.80. The van der Waals surface area contributed by atoms with E-state index in [0.29, 0.717) is 16.9 Å². The lowest BCUT2D eigenvalue weighted by Gasteiger charge is -2.10. The Morgan fingerprint density at radius 3 is 2.53 bits per heavy atom. The Bertz CT molecular complexity index is 584. The molecule has 0 aliphatic heterocycles. The molecule has 2 aromatic rings. The van der Waals surface area contributed by atoms with Gasteiger partial charge in [-0.25, -0.2) is 8.78 Å². The zero-order valence-electron chi connectivity index (χ0n) is 10.6. The summed E-state index contributed by atoms with van der Waals surface area (Å²) in [6, 6.07) is 9.05. The predicted molar refractivity (Wildman–Crippen MR) is 69.8 cm³/mol. The normalized spacial score (nSPS) is 10.5. The highest BCUT2D eigenvalue weighted by Gasteiger charge is 2.05. The Balaban J connectivity index is 2.12. The van der Waals surface area contributed by atoms with Crippen LogP contribution in [0.2, 0.25) is 0 Å². The van der Waals surface area contributed by atoms with Gasteiger partial charge in [-0.3, -0.25) is 0 Å². The van der Waals surface area contributed by atoms with Gasteiger partial charge in [-0.15, -0.1) is 0 Å². The lowest BCUT2D eigenvalue weighted by atomic mass is 10.1. The van der Waals surface area contributed by atoms with Crippen LogP contribution in [-0.2, 0) is 13.2 Å². The smallest absolute Gasteiger partial charge is 0.129 e. The molecule has 0 amide bonds. The first kappa shape index (κ1) is 13.5. The van der Waals surface area contributed by atoms with Crippen molar-refractivity contribution in [2.75, 3.05) is 0 Å². The van der Waals surface area contributed by atoms with Crippen molar-refractivity contribution in [3.05, 3.63) is 64.7 Å². The lowest BCUT2D eigenvalue weighted by molar-refractivity contribution is 0.303. The minimum Gasteiger partial charge on any atom is -0.489 e. The number of ether oxygens (including phenoxy) is 1. The zero-order chi connectivity index (χ0) is 13.8. The van der Waals surface area contributed by atoms with Crippen LogP contribution in [0.4, 0.5) is 8.78 Å². The summed E-state index contributed by atoms with van der Waals surface area (Å²) < 4.78 is 31.9. The standard InChI is InChI=1S/C15H15F2NO/c1-10-2-5-14(7-15(10)17)19-9-11-3-4-13(16)6-12(11)8-18/h2-7H,8-9,18H2,1H3.